The van der Waals surface area contributed by atoms with E-state index >= 15 is 0 Å². The minimum Gasteiger partial charge on any atom is -0.478 e. The fourth-order valence-electron chi connectivity index (χ4n) is 2.51. The number of amides is 1. The van der Waals surface area contributed by atoms with Crippen molar-refractivity contribution in [2.24, 2.45) is 5.92 Å². The Morgan fingerprint density at radius 3 is 2.57 bits per heavy atom. The van der Waals surface area contributed by atoms with Gasteiger partial charge < -0.3 is 10.0 Å². The van der Waals surface area contributed by atoms with Crippen molar-refractivity contribution in [3.8, 4) is 0 Å². The number of carboxylic acids is 1. The largest absolute Gasteiger partial charge is 0.478 e. The number of hydrogen-bond donors (Lipinski definition) is 1. The van der Waals surface area contributed by atoms with Crippen LogP contribution < -0.4 is 0 Å². The molecule has 2 rings (SSSR count). The van der Waals surface area contributed by atoms with Gasteiger partial charge in [-0.3, -0.25) is 4.79 Å². The highest BCUT2D eigenvalue weighted by molar-refractivity contribution is 5.95. The number of rotatable bonds is 3. The van der Waals surface area contributed by atoms with E-state index in [0.717, 1.165) is 43.1 Å². The molecule has 0 atom stereocenters. The zero-order valence-electron chi connectivity index (χ0n) is 12.5. The molecule has 0 aromatic heterocycles. The molecule has 0 unspecified atom stereocenters. The van der Waals surface area contributed by atoms with Crippen LogP contribution in [-0.2, 0) is 4.79 Å². The number of aryl methyl sites for hydroxylation is 1. The highest BCUT2D eigenvalue weighted by atomic mass is 16.4. The fourth-order valence-corrected chi connectivity index (χ4v) is 2.51. The van der Waals surface area contributed by atoms with Gasteiger partial charge in [-0.15, -0.1) is 0 Å². The molecule has 4 heteroatoms. The summed E-state index contributed by atoms with van der Waals surface area (Å²) in [6.07, 6.45) is 4.72. The Morgan fingerprint density at radius 2 is 1.95 bits per heavy atom. The van der Waals surface area contributed by atoms with Crippen molar-refractivity contribution in [3.63, 3.8) is 0 Å². The number of carbonyl (C=O) groups excluding carboxylic acids is 1. The van der Waals surface area contributed by atoms with Gasteiger partial charge in [-0.1, -0.05) is 13.0 Å². The van der Waals surface area contributed by atoms with Gasteiger partial charge in [0.1, 0.15) is 0 Å². The first-order valence-electron chi connectivity index (χ1n) is 7.28. The summed E-state index contributed by atoms with van der Waals surface area (Å²) in [5.74, 6) is -0.274. The molecule has 0 radical (unpaired) electrons. The van der Waals surface area contributed by atoms with Crippen molar-refractivity contribution < 1.29 is 14.7 Å². The number of carbonyl (C=O) groups is 2. The van der Waals surface area contributed by atoms with Gasteiger partial charge in [0.15, 0.2) is 0 Å². The molecule has 1 aromatic carbocycles. The van der Waals surface area contributed by atoms with E-state index < -0.39 is 5.97 Å². The Morgan fingerprint density at radius 1 is 1.29 bits per heavy atom. The molecule has 0 saturated carbocycles. The van der Waals surface area contributed by atoms with E-state index in [0.29, 0.717) is 11.5 Å². The van der Waals surface area contributed by atoms with E-state index in [4.69, 9.17) is 5.11 Å². The number of aliphatic carboxylic acids is 1. The lowest BCUT2D eigenvalue weighted by molar-refractivity contribution is -0.131. The fraction of sp³-hybridized carbons (Fsp3) is 0.412. The maximum Gasteiger partial charge on any atom is 0.328 e. The molecular formula is C17H21NO3. The average Bonchev–Trinajstić information content (AvgIpc) is 2.46. The van der Waals surface area contributed by atoms with Gasteiger partial charge in [0.25, 0.3) is 5.91 Å². The minimum absolute atomic E-state index is 0.0341. The van der Waals surface area contributed by atoms with Crippen molar-refractivity contribution in [1.29, 1.82) is 0 Å². The molecule has 0 aliphatic carbocycles. The second-order valence-electron chi connectivity index (χ2n) is 5.72. The predicted octanol–water partition coefficient (Wildman–Crippen LogP) is 2.96. The summed E-state index contributed by atoms with van der Waals surface area (Å²) in [6.45, 7) is 5.71. The molecule has 0 spiro atoms. The molecule has 1 heterocycles. The van der Waals surface area contributed by atoms with Gasteiger partial charge in [-0.2, -0.15) is 0 Å². The van der Waals surface area contributed by atoms with Gasteiger partial charge in [-0.25, -0.2) is 4.79 Å². The molecular weight excluding hydrogens is 266 g/mol. The normalized spacial score (nSPS) is 16.4. The first-order valence-corrected chi connectivity index (χ1v) is 7.28. The van der Waals surface area contributed by atoms with Gasteiger partial charge in [0.2, 0.25) is 0 Å². The summed E-state index contributed by atoms with van der Waals surface area (Å²) in [4.78, 5) is 25.0. The Labute approximate surface area is 125 Å². The molecule has 21 heavy (non-hydrogen) atoms. The second kappa shape index (κ2) is 6.57. The third kappa shape index (κ3) is 3.94. The van der Waals surface area contributed by atoms with Crippen LogP contribution in [0, 0.1) is 12.8 Å². The molecule has 1 saturated heterocycles. The van der Waals surface area contributed by atoms with Crippen LogP contribution in [0.1, 0.15) is 41.3 Å². The van der Waals surface area contributed by atoms with Crippen LogP contribution in [0.5, 0.6) is 0 Å². The van der Waals surface area contributed by atoms with Gasteiger partial charge in [-0.05, 0) is 55.0 Å². The van der Waals surface area contributed by atoms with E-state index in [1.165, 1.54) is 6.08 Å². The van der Waals surface area contributed by atoms with Crippen molar-refractivity contribution in [3.05, 3.63) is 41.0 Å². The van der Waals surface area contributed by atoms with E-state index in [2.05, 4.69) is 6.92 Å². The molecule has 1 fully saturated rings. The number of benzene rings is 1. The molecule has 1 aromatic rings. The van der Waals surface area contributed by atoms with Crippen LogP contribution >= 0.6 is 0 Å². The minimum atomic E-state index is -0.990. The van der Waals surface area contributed by atoms with Crippen LogP contribution in [0.4, 0.5) is 0 Å². The Bertz CT molecular complexity index is 569. The topological polar surface area (TPSA) is 57.6 Å². The van der Waals surface area contributed by atoms with Crippen LogP contribution in [0.15, 0.2) is 24.3 Å². The summed E-state index contributed by atoms with van der Waals surface area (Å²) >= 11 is 0. The van der Waals surface area contributed by atoms with Crippen LogP contribution in [-0.4, -0.2) is 35.0 Å². The van der Waals surface area contributed by atoms with Crippen LogP contribution in [0.2, 0.25) is 0 Å². The Balaban J connectivity index is 2.18. The molecule has 112 valence electrons. The summed E-state index contributed by atoms with van der Waals surface area (Å²) in [5.41, 5.74) is 2.35. The monoisotopic (exact) mass is 287 g/mol. The number of piperidine rings is 1. The van der Waals surface area contributed by atoms with Gasteiger partial charge in [0, 0.05) is 24.7 Å². The third-order valence-corrected chi connectivity index (χ3v) is 4.00. The predicted molar refractivity (Wildman–Crippen MR) is 82.2 cm³/mol. The summed E-state index contributed by atoms with van der Waals surface area (Å²) in [6, 6.07) is 5.45. The number of hydrogen-bond acceptors (Lipinski definition) is 2. The first-order chi connectivity index (χ1) is 9.97. The van der Waals surface area contributed by atoms with Crippen molar-refractivity contribution in [2.45, 2.75) is 26.7 Å². The van der Waals surface area contributed by atoms with E-state index in [1.807, 2.05) is 24.0 Å². The summed E-state index contributed by atoms with van der Waals surface area (Å²) in [7, 11) is 0. The first kappa shape index (κ1) is 15.3. The van der Waals surface area contributed by atoms with E-state index in [9.17, 15) is 9.59 Å². The molecule has 1 aliphatic heterocycles. The highest BCUT2D eigenvalue weighted by Crippen LogP contribution is 2.20. The molecule has 4 nitrogen and oxygen atoms in total. The molecule has 1 N–H and O–H groups in total. The quantitative estimate of drug-likeness (QED) is 0.870. The molecule has 1 amide bonds. The maximum absolute atomic E-state index is 12.5. The molecule has 0 bridgehead atoms. The standard InChI is InChI=1S/C17H21NO3/c1-12-7-9-18(10-8-12)17(21)15-4-3-13(2)14(11-15)5-6-16(19)20/h3-6,11-12H,7-10H2,1-2H3,(H,19,20)/b6-5+. The lowest BCUT2D eigenvalue weighted by atomic mass is 9.98. The molecule has 1 aliphatic rings. The lowest BCUT2D eigenvalue weighted by Crippen LogP contribution is -2.37. The number of likely N-dealkylation sites (tertiary alicyclic amines) is 1. The zero-order valence-corrected chi connectivity index (χ0v) is 12.5. The summed E-state index contributed by atoms with van der Waals surface area (Å²) in [5, 5.41) is 8.71. The smallest absolute Gasteiger partial charge is 0.328 e. The Kier molecular flexibility index (Phi) is 4.78. The number of nitrogens with zero attached hydrogens (tertiary/aromatic N) is 1. The SMILES string of the molecule is Cc1ccc(C(=O)N2CCC(C)CC2)cc1/C=C/C(=O)O. The average molecular weight is 287 g/mol. The summed E-state index contributed by atoms with van der Waals surface area (Å²) < 4.78 is 0. The van der Waals surface area contributed by atoms with Crippen molar-refractivity contribution in [1.82, 2.24) is 4.90 Å². The zero-order chi connectivity index (χ0) is 15.4. The lowest BCUT2D eigenvalue weighted by Gasteiger charge is -2.30. The second-order valence-corrected chi connectivity index (χ2v) is 5.72. The van der Waals surface area contributed by atoms with Crippen LogP contribution in [0.3, 0.4) is 0 Å². The maximum atomic E-state index is 12.5. The van der Waals surface area contributed by atoms with Gasteiger partial charge >= 0.3 is 5.97 Å². The third-order valence-electron chi connectivity index (χ3n) is 4.00. The van der Waals surface area contributed by atoms with E-state index in [-0.39, 0.29) is 5.91 Å². The van der Waals surface area contributed by atoms with Crippen molar-refractivity contribution in [2.75, 3.05) is 13.1 Å². The van der Waals surface area contributed by atoms with Crippen LogP contribution in [0.25, 0.3) is 6.08 Å². The van der Waals surface area contributed by atoms with Gasteiger partial charge in [0.05, 0.1) is 0 Å². The van der Waals surface area contributed by atoms with E-state index in [1.54, 1.807) is 6.07 Å². The Hall–Kier alpha value is -2.10. The number of carboxylic acid groups (broad SMARTS) is 1. The highest BCUT2D eigenvalue weighted by Gasteiger charge is 2.21. The van der Waals surface area contributed by atoms with Crippen molar-refractivity contribution >= 4 is 18.0 Å².